The predicted octanol–water partition coefficient (Wildman–Crippen LogP) is 1.47. The number of fused-ring (bicyclic) bond motifs is 1. The second kappa shape index (κ2) is 6.26. The van der Waals surface area contributed by atoms with Gasteiger partial charge in [-0.05, 0) is 44.0 Å². The summed E-state index contributed by atoms with van der Waals surface area (Å²) in [4.78, 5) is 39.5. The van der Waals surface area contributed by atoms with Crippen molar-refractivity contribution in [1.82, 2.24) is 5.32 Å². The van der Waals surface area contributed by atoms with Gasteiger partial charge in [0.1, 0.15) is 0 Å². The standard InChI is InChI=1S/C18H23N3O3/c1-11(2)19-18(24)14-9-17(23)21(10-14)15-4-5-16-13(8-15)6-7-20(16)12(3)22/h4-5,8,11,14H,6-7,9-10H2,1-3H3,(H,19,24)/t14-/m1/s1. The molecule has 128 valence electrons. The van der Waals surface area contributed by atoms with Crippen LogP contribution in [-0.4, -0.2) is 36.9 Å². The van der Waals surface area contributed by atoms with Crippen molar-refractivity contribution in [3.05, 3.63) is 23.8 Å². The van der Waals surface area contributed by atoms with Crippen LogP contribution in [0.25, 0.3) is 0 Å². The number of nitrogens with one attached hydrogen (secondary N) is 1. The van der Waals surface area contributed by atoms with Gasteiger partial charge in [0.2, 0.25) is 17.7 Å². The van der Waals surface area contributed by atoms with Crippen molar-refractivity contribution in [2.75, 3.05) is 22.9 Å². The zero-order valence-electron chi connectivity index (χ0n) is 14.3. The SMILES string of the molecule is CC(=O)N1CCc2cc(N3C[C@H](C(=O)NC(C)C)CC3=O)ccc21. The predicted molar refractivity (Wildman–Crippen MR) is 91.9 cm³/mol. The Morgan fingerprint density at radius 2 is 2.04 bits per heavy atom. The van der Waals surface area contributed by atoms with Crippen molar-refractivity contribution in [1.29, 1.82) is 0 Å². The number of carbonyl (C=O) groups is 3. The molecule has 0 unspecified atom stereocenters. The van der Waals surface area contributed by atoms with Crippen molar-refractivity contribution in [3.8, 4) is 0 Å². The first kappa shape index (κ1) is 16.5. The summed E-state index contributed by atoms with van der Waals surface area (Å²) in [5, 5.41) is 2.88. The Morgan fingerprint density at radius 1 is 1.29 bits per heavy atom. The third kappa shape index (κ3) is 3.00. The summed E-state index contributed by atoms with van der Waals surface area (Å²) in [6.07, 6.45) is 1.04. The highest BCUT2D eigenvalue weighted by molar-refractivity contribution is 6.01. The minimum absolute atomic E-state index is 0.0275. The molecule has 0 saturated carbocycles. The largest absolute Gasteiger partial charge is 0.354 e. The molecule has 0 radical (unpaired) electrons. The zero-order chi connectivity index (χ0) is 17.4. The van der Waals surface area contributed by atoms with Gasteiger partial charge >= 0.3 is 0 Å². The van der Waals surface area contributed by atoms with E-state index in [1.54, 1.807) is 16.7 Å². The molecular weight excluding hydrogens is 306 g/mol. The van der Waals surface area contributed by atoms with E-state index in [4.69, 9.17) is 0 Å². The molecule has 2 aliphatic rings. The summed E-state index contributed by atoms with van der Waals surface area (Å²) in [6.45, 7) is 6.47. The van der Waals surface area contributed by atoms with E-state index in [0.717, 1.165) is 23.4 Å². The summed E-state index contributed by atoms with van der Waals surface area (Å²) in [6, 6.07) is 5.80. The maximum Gasteiger partial charge on any atom is 0.227 e. The van der Waals surface area contributed by atoms with Crippen LogP contribution in [0.3, 0.4) is 0 Å². The number of amides is 3. The van der Waals surface area contributed by atoms with E-state index in [1.807, 2.05) is 32.0 Å². The molecule has 3 rings (SSSR count). The summed E-state index contributed by atoms with van der Waals surface area (Å²) in [5.41, 5.74) is 2.81. The highest BCUT2D eigenvalue weighted by Gasteiger charge is 2.35. The molecule has 1 N–H and O–H groups in total. The number of carbonyl (C=O) groups excluding carboxylic acids is 3. The fourth-order valence-electron chi connectivity index (χ4n) is 3.42. The third-order valence-corrected chi connectivity index (χ3v) is 4.58. The van der Waals surface area contributed by atoms with Crippen LogP contribution in [0.5, 0.6) is 0 Å². The Hall–Kier alpha value is -2.37. The molecule has 6 nitrogen and oxygen atoms in total. The highest BCUT2D eigenvalue weighted by atomic mass is 16.2. The Kier molecular flexibility index (Phi) is 4.30. The second-order valence-electron chi connectivity index (χ2n) is 6.80. The number of hydrogen-bond donors (Lipinski definition) is 1. The topological polar surface area (TPSA) is 69.7 Å². The number of nitrogens with zero attached hydrogens (tertiary/aromatic N) is 2. The van der Waals surface area contributed by atoms with Crippen molar-refractivity contribution < 1.29 is 14.4 Å². The van der Waals surface area contributed by atoms with E-state index in [-0.39, 0.29) is 36.1 Å². The average Bonchev–Trinajstić information content (AvgIpc) is 3.09. The van der Waals surface area contributed by atoms with Gasteiger partial charge < -0.3 is 15.1 Å². The van der Waals surface area contributed by atoms with Crippen LogP contribution < -0.4 is 15.1 Å². The maximum atomic E-state index is 12.3. The highest BCUT2D eigenvalue weighted by Crippen LogP contribution is 2.34. The Balaban J connectivity index is 1.77. The normalized spacial score (nSPS) is 19.8. The Bertz CT molecular complexity index is 699. The van der Waals surface area contributed by atoms with E-state index in [0.29, 0.717) is 13.1 Å². The van der Waals surface area contributed by atoms with Crippen LogP contribution in [0.4, 0.5) is 11.4 Å². The minimum atomic E-state index is -0.304. The lowest BCUT2D eigenvalue weighted by Crippen LogP contribution is -2.36. The van der Waals surface area contributed by atoms with E-state index in [2.05, 4.69) is 5.32 Å². The first-order valence-electron chi connectivity index (χ1n) is 8.38. The molecule has 1 fully saturated rings. The molecule has 0 aliphatic carbocycles. The molecule has 0 spiro atoms. The molecule has 24 heavy (non-hydrogen) atoms. The molecule has 2 aliphatic heterocycles. The minimum Gasteiger partial charge on any atom is -0.354 e. The van der Waals surface area contributed by atoms with Gasteiger partial charge in [-0.15, -0.1) is 0 Å². The van der Waals surface area contributed by atoms with Gasteiger partial charge in [-0.1, -0.05) is 0 Å². The van der Waals surface area contributed by atoms with Gasteiger partial charge in [-0.25, -0.2) is 0 Å². The molecule has 6 heteroatoms. The maximum absolute atomic E-state index is 12.3. The van der Waals surface area contributed by atoms with Gasteiger partial charge in [0.15, 0.2) is 0 Å². The van der Waals surface area contributed by atoms with E-state index in [1.165, 1.54) is 0 Å². The number of hydrogen-bond acceptors (Lipinski definition) is 3. The number of rotatable bonds is 3. The first-order valence-corrected chi connectivity index (χ1v) is 8.38. The monoisotopic (exact) mass is 329 g/mol. The van der Waals surface area contributed by atoms with Gasteiger partial charge in [0.05, 0.1) is 5.92 Å². The summed E-state index contributed by atoms with van der Waals surface area (Å²) < 4.78 is 0. The molecular formula is C18H23N3O3. The third-order valence-electron chi connectivity index (χ3n) is 4.58. The lowest BCUT2D eigenvalue weighted by Gasteiger charge is -2.19. The summed E-state index contributed by atoms with van der Waals surface area (Å²) >= 11 is 0. The smallest absolute Gasteiger partial charge is 0.227 e. The van der Waals surface area contributed by atoms with Crippen LogP contribution in [0.2, 0.25) is 0 Å². The summed E-state index contributed by atoms with van der Waals surface area (Å²) in [5.74, 6) is -0.365. The average molecular weight is 329 g/mol. The molecule has 1 aromatic rings. The fourth-order valence-corrected chi connectivity index (χ4v) is 3.42. The first-order chi connectivity index (χ1) is 11.4. The van der Waals surface area contributed by atoms with Crippen LogP contribution >= 0.6 is 0 Å². The molecule has 1 aromatic carbocycles. The van der Waals surface area contributed by atoms with Crippen LogP contribution in [0.1, 0.15) is 32.8 Å². The molecule has 1 atom stereocenters. The molecule has 2 heterocycles. The van der Waals surface area contributed by atoms with Gasteiger partial charge in [-0.3, -0.25) is 14.4 Å². The van der Waals surface area contributed by atoms with Gasteiger partial charge in [0, 0.05) is 43.9 Å². The lowest BCUT2D eigenvalue weighted by atomic mass is 10.1. The molecule has 0 bridgehead atoms. The fraction of sp³-hybridized carbons (Fsp3) is 0.500. The quantitative estimate of drug-likeness (QED) is 0.913. The molecule has 0 aromatic heterocycles. The van der Waals surface area contributed by atoms with Crippen molar-refractivity contribution >= 4 is 29.1 Å². The van der Waals surface area contributed by atoms with Crippen molar-refractivity contribution in [2.24, 2.45) is 5.92 Å². The Labute approximate surface area is 141 Å². The van der Waals surface area contributed by atoms with Crippen molar-refractivity contribution in [3.63, 3.8) is 0 Å². The van der Waals surface area contributed by atoms with Crippen molar-refractivity contribution in [2.45, 2.75) is 39.7 Å². The summed E-state index contributed by atoms with van der Waals surface area (Å²) in [7, 11) is 0. The second-order valence-corrected chi connectivity index (χ2v) is 6.80. The number of anilines is 2. The number of benzene rings is 1. The molecule has 1 saturated heterocycles. The van der Waals surface area contributed by atoms with E-state index in [9.17, 15) is 14.4 Å². The van der Waals surface area contributed by atoms with Crippen LogP contribution in [0, 0.1) is 5.92 Å². The molecule has 3 amide bonds. The van der Waals surface area contributed by atoms with Crippen LogP contribution in [0.15, 0.2) is 18.2 Å². The van der Waals surface area contributed by atoms with Gasteiger partial charge in [-0.2, -0.15) is 0 Å². The van der Waals surface area contributed by atoms with E-state index < -0.39 is 0 Å². The van der Waals surface area contributed by atoms with Gasteiger partial charge in [0.25, 0.3) is 0 Å². The Morgan fingerprint density at radius 3 is 2.71 bits per heavy atom. The lowest BCUT2D eigenvalue weighted by molar-refractivity contribution is -0.126. The van der Waals surface area contributed by atoms with Crippen LogP contribution in [-0.2, 0) is 20.8 Å². The van der Waals surface area contributed by atoms with E-state index >= 15 is 0 Å². The zero-order valence-corrected chi connectivity index (χ0v) is 14.3.